The molecule has 2 N–H and O–H groups in total. The van der Waals surface area contributed by atoms with Crippen LogP contribution in [0.3, 0.4) is 0 Å². The fourth-order valence-electron chi connectivity index (χ4n) is 9.58. The van der Waals surface area contributed by atoms with Gasteiger partial charge in [0.2, 0.25) is 5.91 Å². The summed E-state index contributed by atoms with van der Waals surface area (Å²) in [6, 6.07) is -0.901. The molecule has 8 nitrogen and oxygen atoms in total. The van der Waals surface area contributed by atoms with E-state index in [4.69, 9.17) is 9.05 Å². The predicted octanol–water partition coefficient (Wildman–Crippen LogP) is 19.1. The van der Waals surface area contributed by atoms with E-state index in [1.165, 1.54) is 257 Å². The van der Waals surface area contributed by atoms with Crippen LogP contribution in [-0.4, -0.2) is 68.5 Å². The minimum atomic E-state index is -4.60. The molecular weight excluding hydrogens is 924 g/mol. The number of unbranched alkanes of at least 4 members (excludes halogenated alkanes) is 42. The lowest BCUT2D eigenvalue weighted by atomic mass is 10.0. The van der Waals surface area contributed by atoms with Crippen LogP contribution < -0.4 is 10.2 Å². The van der Waals surface area contributed by atoms with E-state index in [1.54, 1.807) is 6.08 Å². The van der Waals surface area contributed by atoms with Crippen LogP contribution in [0, 0.1) is 0 Å². The van der Waals surface area contributed by atoms with Crippen LogP contribution in [0.15, 0.2) is 36.5 Å². The molecule has 0 heterocycles. The summed E-state index contributed by atoms with van der Waals surface area (Å²) in [5.41, 5.74) is 0. The third-order valence-corrected chi connectivity index (χ3v) is 15.5. The summed E-state index contributed by atoms with van der Waals surface area (Å²) in [6.07, 6.45) is 72.8. The molecule has 0 aromatic rings. The van der Waals surface area contributed by atoms with Crippen LogP contribution in [0.5, 0.6) is 0 Å². The van der Waals surface area contributed by atoms with Crippen molar-refractivity contribution in [3.8, 4) is 0 Å². The van der Waals surface area contributed by atoms with E-state index < -0.39 is 26.6 Å². The van der Waals surface area contributed by atoms with E-state index in [0.29, 0.717) is 17.4 Å². The highest BCUT2D eigenvalue weighted by molar-refractivity contribution is 7.45. The highest BCUT2D eigenvalue weighted by Crippen LogP contribution is 2.38. The lowest BCUT2D eigenvalue weighted by Gasteiger charge is -2.29. The van der Waals surface area contributed by atoms with Crippen molar-refractivity contribution in [2.45, 2.75) is 328 Å². The maximum Gasteiger partial charge on any atom is 0.268 e. The number of carbonyl (C=O) groups is 1. The molecule has 0 fully saturated rings. The lowest BCUT2D eigenvalue weighted by Crippen LogP contribution is -2.45. The zero-order valence-electron chi connectivity index (χ0n) is 49.4. The Hall–Kier alpha value is -1.28. The highest BCUT2D eigenvalue weighted by atomic mass is 31.2. The van der Waals surface area contributed by atoms with E-state index in [1.807, 2.05) is 27.2 Å². The standard InChI is InChI=1S/C64H125N2O6P/c1-6-8-10-12-14-16-18-20-21-22-23-24-25-26-27-28-29-30-31-32-33-34-35-36-37-38-39-40-41-42-43-44-45-46-48-50-52-54-56-58-64(68)65-62(61-72-73(69,70)71-60-59-66(3,4)5)63(67)57-55-53-51-49-47-19-17-15-13-11-9-7-2/h32-33,47,49,55,57,62-63,67H,6-31,34-46,48,50-54,56,58-61H2,1-5H3,(H-,65,68,69,70)/b33-32-,49-47+,57-55+. The van der Waals surface area contributed by atoms with Crippen molar-refractivity contribution in [1.82, 2.24) is 5.32 Å². The van der Waals surface area contributed by atoms with E-state index in [0.717, 1.165) is 38.5 Å². The van der Waals surface area contributed by atoms with E-state index >= 15 is 0 Å². The first kappa shape index (κ1) is 71.7. The monoisotopic (exact) mass is 1050 g/mol. The molecule has 3 unspecified atom stereocenters. The van der Waals surface area contributed by atoms with Gasteiger partial charge in [0.1, 0.15) is 13.2 Å². The Morgan fingerprint density at radius 3 is 1.11 bits per heavy atom. The zero-order valence-corrected chi connectivity index (χ0v) is 50.3. The van der Waals surface area contributed by atoms with Gasteiger partial charge in [-0.3, -0.25) is 9.36 Å². The quantitative estimate of drug-likeness (QED) is 0.0272. The largest absolute Gasteiger partial charge is 0.756 e. The van der Waals surface area contributed by atoms with Gasteiger partial charge in [-0.05, 0) is 57.8 Å². The molecule has 432 valence electrons. The van der Waals surface area contributed by atoms with Crippen LogP contribution in [0.4, 0.5) is 0 Å². The molecule has 0 aromatic heterocycles. The molecule has 0 aromatic carbocycles. The third-order valence-electron chi connectivity index (χ3n) is 14.6. The van der Waals surface area contributed by atoms with Gasteiger partial charge >= 0.3 is 0 Å². The number of carbonyl (C=O) groups excluding carboxylic acids is 1. The molecule has 1 amide bonds. The highest BCUT2D eigenvalue weighted by Gasteiger charge is 2.23. The van der Waals surface area contributed by atoms with Gasteiger partial charge in [-0.2, -0.15) is 0 Å². The molecule has 0 radical (unpaired) electrons. The number of phosphoric ester groups is 1. The number of rotatable bonds is 59. The molecule has 3 atom stereocenters. The van der Waals surface area contributed by atoms with E-state index in [-0.39, 0.29) is 12.5 Å². The number of quaternary nitrogens is 1. The number of aliphatic hydroxyl groups is 1. The number of phosphoric acid groups is 1. The summed E-state index contributed by atoms with van der Waals surface area (Å²) >= 11 is 0. The van der Waals surface area contributed by atoms with Crippen molar-refractivity contribution in [2.24, 2.45) is 0 Å². The molecule has 0 aliphatic rings. The Morgan fingerprint density at radius 2 is 0.767 bits per heavy atom. The molecule has 0 aliphatic heterocycles. The number of hydrogen-bond donors (Lipinski definition) is 2. The van der Waals surface area contributed by atoms with Crippen LogP contribution in [0.1, 0.15) is 316 Å². The number of likely N-dealkylation sites (N-methyl/N-ethyl adjacent to an activating group) is 1. The van der Waals surface area contributed by atoms with Gasteiger partial charge in [0, 0.05) is 6.42 Å². The normalized spacial score (nSPS) is 14.0. The minimum Gasteiger partial charge on any atom is -0.756 e. The smallest absolute Gasteiger partial charge is 0.268 e. The number of amides is 1. The first-order chi connectivity index (χ1) is 35.5. The molecule has 0 bridgehead atoms. The molecule has 73 heavy (non-hydrogen) atoms. The summed E-state index contributed by atoms with van der Waals surface area (Å²) < 4.78 is 23.3. The zero-order chi connectivity index (χ0) is 53.5. The molecule has 0 saturated heterocycles. The van der Waals surface area contributed by atoms with Crippen molar-refractivity contribution in [2.75, 3.05) is 40.9 Å². The van der Waals surface area contributed by atoms with Crippen LogP contribution in [0.25, 0.3) is 0 Å². The maximum atomic E-state index is 12.9. The van der Waals surface area contributed by atoms with Crippen LogP contribution in [0.2, 0.25) is 0 Å². The molecule has 0 aliphatic carbocycles. The average molecular weight is 1050 g/mol. The minimum absolute atomic E-state index is 0.00528. The van der Waals surface area contributed by atoms with Crippen molar-refractivity contribution in [1.29, 1.82) is 0 Å². The average Bonchev–Trinajstić information content (AvgIpc) is 3.35. The summed E-state index contributed by atoms with van der Waals surface area (Å²) in [5, 5.41) is 13.8. The summed E-state index contributed by atoms with van der Waals surface area (Å²) in [4.78, 5) is 25.4. The van der Waals surface area contributed by atoms with Crippen LogP contribution in [-0.2, 0) is 18.4 Å². The van der Waals surface area contributed by atoms with Gasteiger partial charge in [-0.15, -0.1) is 0 Å². The summed E-state index contributed by atoms with van der Waals surface area (Å²) in [5.74, 6) is -0.204. The molecule has 0 spiro atoms. The topological polar surface area (TPSA) is 108 Å². The second-order valence-corrected chi connectivity index (χ2v) is 24.5. The predicted molar refractivity (Wildman–Crippen MR) is 316 cm³/mol. The third kappa shape index (κ3) is 58.2. The van der Waals surface area contributed by atoms with Crippen LogP contribution >= 0.6 is 7.82 Å². The Bertz CT molecular complexity index is 1280. The molecule has 0 rings (SSSR count). The number of nitrogens with one attached hydrogen (secondary N) is 1. The fourth-order valence-corrected chi connectivity index (χ4v) is 10.3. The Labute approximate surface area is 455 Å². The fraction of sp³-hybridized carbons (Fsp3) is 0.891. The lowest BCUT2D eigenvalue weighted by molar-refractivity contribution is -0.870. The van der Waals surface area contributed by atoms with Gasteiger partial charge in [0.05, 0.1) is 39.9 Å². The second kappa shape index (κ2) is 55.5. The Kier molecular flexibility index (Phi) is 54.5. The van der Waals surface area contributed by atoms with Gasteiger partial charge in [-0.25, -0.2) is 0 Å². The first-order valence-electron chi connectivity index (χ1n) is 31.9. The SMILES string of the molecule is CCCCCCCC/C=C/CC/C=C/C(O)C(COP(=O)([O-])OCC[N+](C)(C)C)NC(=O)CCCCCCCCCCCCCCCCCCC/C=C\CCCCCCCCCCCCCCCCCCCC. The first-order valence-corrected chi connectivity index (χ1v) is 33.3. The van der Waals surface area contributed by atoms with Gasteiger partial charge in [0.25, 0.3) is 7.82 Å². The molecule has 9 heteroatoms. The van der Waals surface area contributed by atoms with E-state index in [2.05, 4.69) is 43.5 Å². The van der Waals surface area contributed by atoms with Gasteiger partial charge < -0.3 is 28.8 Å². The molecular formula is C64H125N2O6P. The van der Waals surface area contributed by atoms with Gasteiger partial charge in [0.15, 0.2) is 0 Å². The Balaban J connectivity index is 3.86. The number of aliphatic hydroxyl groups excluding tert-OH is 1. The van der Waals surface area contributed by atoms with Crippen molar-refractivity contribution in [3.63, 3.8) is 0 Å². The Morgan fingerprint density at radius 1 is 0.466 bits per heavy atom. The van der Waals surface area contributed by atoms with Crippen molar-refractivity contribution >= 4 is 13.7 Å². The van der Waals surface area contributed by atoms with Gasteiger partial charge in [-0.1, -0.05) is 288 Å². The maximum absolute atomic E-state index is 12.9. The molecule has 0 saturated carbocycles. The number of allylic oxidation sites excluding steroid dienone is 5. The summed E-state index contributed by atoms with van der Waals surface area (Å²) in [6.45, 7) is 4.64. The van der Waals surface area contributed by atoms with Crippen molar-refractivity contribution < 1.29 is 32.9 Å². The van der Waals surface area contributed by atoms with Crippen molar-refractivity contribution in [3.05, 3.63) is 36.5 Å². The number of hydrogen-bond acceptors (Lipinski definition) is 6. The summed E-state index contributed by atoms with van der Waals surface area (Å²) in [7, 11) is 1.25. The van der Waals surface area contributed by atoms with E-state index in [9.17, 15) is 19.4 Å². The number of nitrogens with zero attached hydrogens (tertiary/aromatic N) is 1. The second-order valence-electron chi connectivity index (χ2n) is 23.1.